The molecule has 2 saturated heterocycles. The molecule has 6 aliphatic rings. The van der Waals surface area contributed by atoms with Crippen molar-refractivity contribution < 1.29 is 48.3 Å². The lowest BCUT2D eigenvalue weighted by Crippen LogP contribution is -2.81. The molecule has 14 heteroatoms. The lowest BCUT2D eigenvalue weighted by atomic mass is 9.49. The van der Waals surface area contributed by atoms with Crippen LogP contribution < -0.4 is 9.64 Å². The molecule has 14 nitrogen and oxygen atoms in total. The summed E-state index contributed by atoms with van der Waals surface area (Å²) in [5.41, 5.74) is -3.28. The van der Waals surface area contributed by atoms with Gasteiger partial charge in [-0.05, 0) is 68.3 Å². The van der Waals surface area contributed by atoms with Crippen LogP contribution in [-0.4, -0.2) is 133 Å². The molecule has 9 rings (SSSR count). The Morgan fingerprint density at radius 1 is 0.966 bits per heavy atom. The molecule has 1 aliphatic carbocycles. The van der Waals surface area contributed by atoms with Gasteiger partial charge in [-0.1, -0.05) is 37.3 Å². The Balaban J connectivity index is 1.37. The molecule has 5 unspecified atom stereocenters. The second kappa shape index (κ2) is 13.1. The van der Waals surface area contributed by atoms with Crippen LogP contribution in [0.3, 0.4) is 0 Å². The average molecular weight is 797 g/mol. The Labute approximate surface area is 337 Å². The third-order valence-electron chi connectivity index (χ3n) is 14.5. The van der Waals surface area contributed by atoms with Gasteiger partial charge in [-0.15, -0.1) is 0 Å². The fourth-order valence-electron chi connectivity index (χ4n) is 13.0. The standard InChI is InChI=1S/C44H52N4O10/c1-25(50)58-37-41(3)13-9-15-47-17-14-42(35(41)47)29-18-30(33(55-4)19-32(29)48(24-49)36(42)44(37,54)39(52)57-6)43(38(51)56-5)21-26-20-40(2,53)23-46(22-26)16-12-28-27-10-7-8-11-31(27)45-34(28)43/h7-11,13,18-19,24,26,35-37,45,53-54H,12,14-17,20-23H2,1-6H3/t26?,35?,36-,37?,40-,41?,42-,43+,44+/m1/s1. The van der Waals surface area contributed by atoms with Gasteiger partial charge in [0.1, 0.15) is 11.2 Å². The molecule has 3 aromatic rings. The summed E-state index contributed by atoms with van der Waals surface area (Å²) in [7, 11) is 4.06. The molecule has 2 aromatic carbocycles. The maximum absolute atomic E-state index is 15.2. The molecule has 308 valence electrons. The summed E-state index contributed by atoms with van der Waals surface area (Å²) in [6.07, 6.45) is 4.74. The molecule has 3 N–H and O–H groups in total. The number of H-pyrrole nitrogens is 1. The van der Waals surface area contributed by atoms with E-state index in [0.717, 1.165) is 23.6 Å². The van der Waals surface area contributed by atoms with Crippen molar-refractivity contribution in [2.45, 2.75) is 86.7 Å². The third kappa shape index (κ3) is 4.97. The van der Waals surface area contributed by atoms with E-state index in [1.54, 1.807) is 6.07 Å². The summed E-state index contributed by atoms with van der Waals surface area (Å²) >= 11 is 0. The van der Waals surface area contributed by atoms with Crippen LogP contribution >= 0.6 is 0 Å². The van der Waals surface area contributed by atoms with Gasteiger partial charge < -0.3 is 39.0 Å². The van der Waals surface area contributed by atoms with Crippen molar-refractivity contribution in [1.82, 2.24) is 14.8 Å². The van der Waals surface area contributed by atoms with Crippen LogP contribution in [0.25, 0.3) is 10.9 Å². The molecule has 6 heterocycles. The number of hydrogen-bond donors (Lipinski definition) is 3. The SMILES string of the molecule is COC(=O)[C@]1(c2cc3c(cc2OC)N(C=O)[C@H]2[C@@](O)(C(=O)OC)C(OC(C)=O)C4(C)C=CCN5CC[C@]32C54)CC2CN(CCc3c1[nH]c1ccccc31)C[C@](C)(O)C2. The molecule has 5 aliphatic heterocycles. The Kier molecular flexibility index (Phi) is 8.76. The van der Waals surface area contributed by atoms with Crippen LogP contribution in [0.1, 0.15) is 62.4 Å². The smallest absolute Gasteiger partial charge is 0.344 e. The molecule has 1 saturated carbocycles. The summed E-state index contributed by atoms with van der Waals surface area (Å²) in [5.74, 6) is -2.11. The molecule has 2 bridgehead atoms. The zero-order valence-electron chi connectivity index (χ0n) is 33.9. The highest BCUT2D eigenvalue weighted by Crippen LogP contribution is 2.67. The first-order valence-electron chi connectivity index (χ1n) is 20.1. The van der Waals surface area contributed by atoms with E-state index >= 15 is 4.79 Å². The number of carbonyl (C=O) groups is 4. The fourth-order valence-corrected chi connectivity index (χ4v) is 13.0. The van der Waals surface area contributed by atoms with Gasteiger partial charge in [0.15, 0.2) is 6.10 Å². The van der Waals surface area contributed by atoms with Crippen molar-refractivity contribution in [3.05, 3.63) is 70.9 Å². The van der Waals surface area contributed by atoms with Gasteiger partial charge in [-0.2, -0.15) is 0 Å². The largest absolute Gasteiger partial charge is 0.496 e. The van der Waals surface area contributed by atoms with Crippen LogP contribution in [0.5, 0.6) is 5.75 Å². The monoisotopic (exact) mass is 796 g/mol. The predicted octanol–water partition coefficient (Wildman–Crippen LogP) is 2.74. The van der Waals surface area contributed by atoms with Crippen molar-refractivity contribution >= 4 is 40.9 Å². The molecule has 1 spiro atoms. The van der Waals surface area contributed by atoms with Gasteiger partial charge in [-0.3, -0.25) is 24.2 Å². The Morgan fingerprint density at radius 2 is 1.72 bits per heavy atom. The Bertz CT molecular complexity index is 2270. The van der Waals surface area contributed by atoms with Gasteiger partial charge >= 0.3 is 17.9 Å². The molecular formula is C44H52N4O10. The molecular weight excluding hydrogens is 745 g/mol. The van der Waals surface area contributed by atoms with Crippen molar-refractivity contribution in [3.63, 3.8) is 0 Å². The third-order valence-corrected chi connectivity index (χ3v) is 14.5. The molecule has 1 amide bonds. The number of ether oxygens (including phenoxy) is 4. The van der Waals surface area contributed by atoms with Crippen molar-refractivity contribution in [2.24, 2.45) is 11.3 Å². The van der Waals surface area contributed by atoms with Crippen LogP contribution in [0.15, 0.2) is 48.6 Å². The first-order chi connectivity index (χ1) is 27.6. The number of anilines is 1. The number of aromatic nitrogens is 1. The Morgan fingerprint density at radius 3 is 2.43 bits per heavy atom. The zero-order chi connectivity index (χ0) is 41.2. The molecule has 1 aromatic heterocycles. The van der Waals surface area contributed by atoms with Crippen LogP contribution in [-0.2, 0) is 50.6 Å². The highest BCUT2D eigenvalue weighted by molar-refractivity contribution is 5.96. The number of aromatic amines is 1. The van der Waals surface area contributed by atoms with Crippen molar-refractivity contribution in [2.75, 3.05) is 59.0 Å². The summed E-state index contributed by atoms with van der Waals surface area (Å²) < 4.78 is 23.4. The quantitative estimate of drug-likeness (QED) is 0.145. The molecule has 58 heavy (non-hydrogen) atoms. The number of nitrogens with one attached hydrogen (secondary N) is 1. The lowest BCUT2D eigenvalue weighted by molar-refractivity contribution is -0.225. The molecule has 0 radical (unpaired) electrons. The average Bonchev–Trinajstić information content (AvgIpc) is 3.87. The van der Waals surface area contributed by atoms with E-state index in [0.29, 0.717) is 86.7 Å². The van der Waals surface area contributed by atoms with E-state index in [4.69, 9.17) is 18.9 Å². The maximum atomic E-state index is 15.2. The minimum atomic E-state index is -2.53. The first kappa shape index (κ1) is 38.7. The van der Waals surface area contributed by atoms with Gasteiger partial charge in [0.25, 0.3) is 0 Å². The maximum Gasteiger partial charge on any atom is 0.344 e. The van der Waals surface area contributed by atoms with Gasteiger partial charge in [0, 0.05) is 78.2 Å². The van der Waals surface area contributed by atoms with Crippen LogP contribution in [0.2, 0.25) is 0 Å². The van der Waals surface area contributed by atoms with E-state index in [9.17, 15) is 24.6 Å². The second-order valence-electron chi connectivity index (χ2n) is 17.9. The summed E-state index contributed by atoms with van der Waals surface area (Å²) in [6.45, 7) is 7.87. The van der Waals surface area contributed by atoms with E-state index in [1.807, 2.05) is 56.3 Å². The number of hydrogen-bond acceptors (Lipinski definition) is 12. The van der Waals surface area contributed by atoms with E-state index in [2.05, 4.69) is 14.8 Å². The number of nitrogens with zero attached hydrogens (tertiary/aromatic N) is 3. The Hall–Kier alpha value is -4.76. The number of rotatable bonds is 6. The number of fused-ring (bicyclic) bond motifs is 6. The summed E-state index contributed by atoms with van der Waals surface area (Å²) in [6, 6.07) is 9.89. The van der Waals surface area contributed by atoms with E-state index < -0.39 is 63.5 Å². The minimum absolute atomic E-state index is 0.159. The van der Waals surface area contributed by atoms with Crippen molar-refractivity contribution in [1.29, 1.82) is 0 Å². The van der Waals surface area contributed by atoms with Gasteiger partial charge in [0.05, 0.1) is 38.7 Å². The number of benzene rings is 2. The number of methoxy groups -OCH3 is 3. The van der Waals surface area contributed by atoms with E-state index in [1.165, 1.54) is 26.0 Å². The van der Waals surface area contributed by atoms with Crippen LogP contribution in [0.4, 0.5) is 5.69 Å². The minimum Gasteiger partial charge on any atom is -0.496 e. The number of carbonyl (C=O) groups excluding carboxylic acids is 4. The number of esters is 3. The first-order valence-corrected chi connectivity index (χ1v) is 20.1. The number of aliphatic hydroxyl groups is 2. The highest BCUT2D eigenvalue weighted by Gasteiger charge is 2.80. The second-order valence-corrected chi connectivity index (χ2v) is 17.9. The number of para-hydroxylation sites is 1. The predicted molar refractivity (Wildman–Crippen MR) is 211 cm³/mol. The lowest BCUT2D eigenvalue weighted by Gasteiger charge is -2.62. The molecule has 3 fully saturated rings. The van der Waals surface area contributed by atoms with Gasteiger partial charge in [-0.25, -0.2) is 4.79 Å². The zero-order valence-corrected chi connectivity index (χ0v) is 33.9. The number of amides is 1. The number of piperidine rings is 1. The van der Waals surface area contributed by atoms with Crippen LogP contribution in [0, 0.1) is 11.3 Å². The summed E-state index contributed by atoms with van der Waals surface area (Å²) in [4.78, 5) is 65.5. The summed E-state index contributed by atoms with van der Waals surface area (Å²) in [5, 5.41) is 25.8. The van der Waals surface area contributed by atoms with Gasteiger partial charge in [0.2, 0.25) is 12.0 Å². The topological polar surface area (TPSA) is 171 Å². The highest BCUT2D eigenvalue weighted by atomic mass is 16.6. The van der Waals surface area contributed by atoms with E-state index in [-0.39, 0.29) is 12.3 Å². The van der Waals surface area contributed by atoms with Crippen molar-refractivity contribution in [3.8, 4) is 5.75 Å². The fraction of sp³-hybridized carbons (Fsp3) is 0.545. The molecule has 10 atom stereocenters. The normalized spacial score (nSPS) is 37.3.